The number of para-hydroxylation sites is 1. The predicted molar refractivity (Wildman–Crippen MR) is 82.7 cm³/mol. The first-order valence-electron chi connectivity index (χ1n) is 7.38. The van der Waals surface area contributed by atoms with Crippen molar-refractivity contribution in [2.75, 3.05) is 6.61 Å². The minimum Gasteiger partial charge on any atom is -0.493 e. The molecule has 1 aromatic rings. The fraction of sp³-hybridized carbons (Fsp3) is 0.375. The number of hydrogen-bond acceptors (Lipinski definition) is 5. The summed E-state index contributed by atoms with van der Waals surface area (Å²) in [4.78, 5) is 44.2. The molecule has 136 valence electrons. The number of aromatic carboxylic acids is 1. The molecule has 0 saturated heterocycles. The van der Waals surface area contributed by atoms with E-state index in [0.29, 0.717) is 12.8 Å². The topological polar surface area (TPSA) is 158 Å². The molecule has 0 heterocycles. The number of carboxylic acids is 4. The lowest BCUT2D eigenvalue weighted by molar-refractivity contribution is -0.176. The molecule has 0 atom stereocenters. The van der Waals surface area contributed by atoms with Crippen molar-refractivity contribution >= 4 is 23.9 Å². The van der Waals surface area contributed by atoms with Gasteiger partial charge < -0.3 is 25.2 Å². The van der Waals surface area contributed by atoms with E-state index in [-0.39, 0.29) is 24.3 Å². The number of carbonyl (C=O) groups is 4. The van der Waals surface area contributed by atoms with Gasteiger partial charge in [0.2, 0.25) is 0 Å². The van der Waals surface area contributed by atoms with Crippen molar-refractivity contribution in [1.29, 1.82) is 0 Å². The highest BCUT2D eigenvalue weighted by atomic mass is 16.5. The van der Waals surface area contributed by atoms with Crippen molar-refractivity contribution in [3.63, 3.8) is 0 Å². The van der Waals surface area contributed by atoms with E-state index in [9.17, 15) is 19.2 Å². The molecular weight excluding hydrogens is 336 g/mol. The molecule has 9 nitrogen and oxygen atoms in total. The normalized spacial score (nSPS) is 10.9. The van der Waals surface area contributed by atoms with Crippen molar-refractivity contribution < 1.29 is 44.3 Å². The van der Waals surface area contributed by atoms with Crippen LogP contribution in [-0.4, -0.2) is 50.9 Å². The van der Waals surface area contributed by atoms with Gasteiger partial charge in [-0.2, -0.15) is 0 Å². The highest BCUT2D eigenvalue weighted by Crippen LogP contribution is 2.27. The van der Waals surface area contributed by atoms with Crippen LogP contribution in [0.15, 0.2) is 24.3 Å². The lowest BCUT2D eigenvalue weighted by Crippen LogP contribution is -2.46. The van der Waals surface area contributed by atoms with Crippen LogP contribution >= 0.6 is 0 Å². The second-order valence-electron chi connectivity index (χ2n) is 5.28. The van der Waals surface area contributed by atoms with Crippen molar-refractivity contribution in [1.82, 2.24) is 0 Å². The van der Waals surface area contributed by atoms with E-state index in [1.165, 1.54) is 12.1 Å². The summed E-state index contributed by atoms with van der Waals surface area (Å²) in [6.45, 7) is 0.129. The average Bonchev–Trinajstić information content (AvgIpc) is 2.53. The second-order valence-corrected chi connectivity index (χ2v) is 5.28. The summed E-state index contributed by atoms with van der Waals surface area (Å²) in [5.41, 5.74) is -2.86. The molecule has 0 aliphatic heterocycles. The molecule has 1 rings (SSSR count). The van der Waals surface area contributed by atoms with E-state index in [1.54, 1.807) is 12.1 Å². The van der Waals surface area contributed by atoms with Gasteiger partial charge in [-0.1, -0.05) is 18.6 Å². The number of benzene rings is 1. The molecule has 0 aromatic heterocycles. The first-order chi connectivity index (χ1) is 11.7. The van der Waals surface area contributed by atoms with Crippen LogP contribution < -0.4 is 4.74 Å². The minimum atomic E-state index is -2.86. The van der Waals surface area contributed by atoms with Crippen LogP contribution in [0.4, 0.5) is 0 Å². The van der Waals surface area contributed by atoms with Crippen LogP contribution in [0.2, 0.25) is 0 Å². The SMILES string of the molecule is O=C(O)c1ccccc1OCCCCCC(C(=O)O)(C(=O)O)C(=O)O. The first kappa shape index (κ1) is 19.9. The molecule has 0 radical (unpaired) electrons. The van der Waals surface area contributed by atoms with Crippen LogP contribution in [0.5, 0.6) is 5.75 Å². The molecule has 0 spiro atoms. The summed E-state index contributed by atoms with van der Waals surface area (Å²) < 4.78 is 5.34. The van der Waals surface area contributed by atoms with Crippen LogP contribution in [0, 0.1) is 5.41 Å². The number of ether oxygens (including phenoxy) is 1. The van der Waals surface area contributed by atoms with Gasteiger partial charge in [0.15, 0.2) is 0 Å². The maximum Gasteiger partial charge on any atom is 0.339 e. The molecule has 1 aromatic carbocycles. The van der Waals surface area contributed by atoms with Gasteiger partial charge in [-0.25, -0.2) is 4.79 Å². The highest BCUT2D eigenvalue weighted by Gasteiger charge is 2.53. The summed E-state index contributed by atoms with van der Waals surface area (Å²) in [6, 6.07) is 6.05. The predicted octanol–water partition coefficient (Wildman–Crippen LogP) is 1.56. The van der Waals surface area contributed by atoms with Gasteiger partial charge in [-0.3, -0.25) is 14.4 Å². The van der Waals surface area contributed by atoms with Gasteiger partial charge in [-0.05, 0) is 31.4 Å². The third-order valence-electron chi connectivity index (χ3n) is 3.67. The maximum absolute atomic E-state index is 11.1. The lowest BCUT2D eigenvalue weighted by Gasteiger charge is -2.19. The summed E-state index contributed by atoms with van der Waals surface area (Å²) in [6.07, 6.45) is 0.196. The van der Waals surface area contributed by atoms with E-state index in [1.807, 2.05) is 0 Å². The molecule has 0 aliphatic carbocycles. The van der Waals surface area contributed by atoms with Crippen LogP contribution in [-0.2, 0) is 14.4 Å². The summed E-state index contributed by atoms with van der Waals surface area (Å²) in [5, 5.41) is 35.9. The van der Waals surface area contributed by atoms with E-state index in [4.69, 9.17) is 25.2 Å². The van der Waals surface area contributed by atoms with E-state index in [0.717, 1.165) is 0 Å². The van der Waals surface area contributed by atoms with Crippen molar-refractivity contribution in [3.05, 3.63) is 29.8 Å². The Morgan fingerprint density at radius 3 is 1.92 bits per heavy atom. The third-order valence-corrected chi connectivity index (χ3v) is 3.67. The van der Waals surface area contributed by atoms with Gasteiger partial charge in [0.25, 0.3) is 5.41 Å². The van der Waals surface area contributed by atoms with Crippen LogP contribution in [0.1, 0.15) is 36.0 Å². The smallest absolute Gasteiger partial charge is 0.339 e. The molecule has 0 saturated carbocycles. The quantitative estimate of drug-likeness (QED) is 0.342. The van der Waals surface area contributed by atoms with Gasteiger partial charge in [-0.15, -0.1) is 0 Å². The van der Waals surface area contributed by atoms with Gasteiger partial charge in [0.1, 0.15) is 11.3 Å². The Labute approximate surface area is 142 Å². The second kappa shape index (κ2) is 8.67. The largest absolute Gasteiger partial charge is 0.493 e. The van der Waals surface area contributed by atoms with Crippen molar-refractivity contribution in [2.24, 2.45) is 5.41 Å². The van der Waals surface area contributed by atoms with Crippen molar-refractivity contribution in [2.45, 2.75) is 25.7 Å². The Kier molecular flexibility index (Phi) is 6.92. The van der Waals surface area contributed by atoms with E-state index in [2.05, 4.69) is 0 Å². The Morgan fingerprint density at radius 2 is 1.40 bits per heavy atom. The number of rotatable bonds is 11. The van der Waals surface area contributed by atoms with Crippen LogP contribution in [0.3, 0.4) is 0 Å². The summed E-state index contributed by atoms with van der Waals surface area (Å²) >= 11 is 0. The highest BCUT2D eigenvalue weighted by molar-refractivity contribution is 6.16. The Morgan fingerprint density at radius 1 is 0.840 bits per heavy atom. The standard InChI is InChI=1S/C16H18O9/c17-12(18)10-6-2-3-7-11(10)25-9-5-1-4-8-16(13(19)20,14(21)22)15(23)24/h2-3,6-7H,1,4-5,8-9H2,(H,17,18)(H,19,20)(H,21,22)(H,23,24). The Hall–Kier alpha value is -3.10. The molecule has 9 heteroatoms. The summed E-state index contributed by atoms with van der Waals surface area (Å²) in [5.74, 6) is -6.70. The van der Waals surface area contributed by atoms with Gasteiger partial charge in [0, 0.05) is 0 Å². The van der Waals surface area contributed by atoms with Gasteiger partial charge in [0.05, 0.1) is 6.61 Å². The number of hydrogen-bond donors (Lipinski definition) is 4. The third kappa shape index (κ3) is 4.69. The molecular formula is C16H18O9. The van der Waals surface area contributed by atoms with Gasteiger partial charge >= 0.3 is 23.9 Å². The van der Waals surface area contributed by atoms with Crippen LogP contribution in [0.25, 0.3) is 0 Å². The minimum absolute atomic E-state index is 0.00384. The molecule has 4 N–H and O–H groups in total. The molecule has 0 fully saturated rings. The zero-order valence-corrected chi connectivity index (χ0v) is 13.2. The maximum atomic E-state index is 11.1. The Balaban J connectivity index is 2.51. The molecule has 0 aliphatic rings. The molecule has 0 bridgehead atoms. The number of aliphatic carboxylic acids is 3. The average molecular weight is 354 g/mol. The molecule has 25 heavy (non-hydrogen) atoms. The monoisotopic (exact) mass is 354 g/mol. The zero-order chi connectivity index (χ0) is 19.0. The first-order valence-corrected chi connectivity index (χ1v) is 7.38. The van der Waals surface area contributed by atoms with E-state index >= 15 is 0 Å². The molecule has 0 amide bonds. The zero-order valence-electron chi connectivity index (χ0n) is 13.2. The fourth-order valence-electron chi connectivity index (χ4n) is 2.22. The van der Waals surface area contributed by atoms with E-state index < -0.39 is 35.7 Å². The van der Waals surface area contributed by atoms with Crippen molar-refractivity contribution in [3.8, 4) is 5.75 Å². The molecule has 0 unspecified atom stereocenters. The fourth-order valence-corrected chi connectivity index (χ4v) is 2.22. The lowest BCUT2D eigenvalue weighted by atomic mass is 9.82. The number of carboxylic acid groups (broad SMARTS) is 4. The Bertz CT molecular complexity index is 629. The summed E-state index contributed by atoms with van der Waals surface area (Å²) in [7, 11) is 0. The number of unbranched alkanes of at least 4 members (excludes halogenated alkanes) is 2.